The number of amides is 3. The Bertz CT molecular complexity index is 1070. The molecule has 7 nitrogen and oxygen atoms in total. The average molecular weight is 403 g/mol. The van der Waals surface area contributed by atoms with E-state index in [1.54, 1.807) is 24.3 Å². The number of carbonyl (C=O) groups excluding carboxylic acids is 2. The van der Waals surface area contributed by atoms with Gasteiger partial charge in [0.25, 0.3) is 0 Å². The highest BCUT2D eigenvalue weighted by Gasteiger charge is 2.22. The maximum absolute atomic E-state index is 11.6. The van der Waals surface area contributed by atoms with Gasteiger partial charge < -0.3 is 21.5 Å². The van der Waals surface area contributed by atoms with Crippen molar-refractivity contribution in [3.8, 4) is 11.1 Å². The fraction of sp³-hybridized carbons (Fsp3) is 0.0870. The second-order valence-electron chi connectivity index (χ2n) is 6.66. The Balaban J connectivity index is 2.16. The van der Waals surface area contributed by atoms with E-state index < -0.39 is 17.9 Å². The van der Waals surface area contributed by atoms with Crippen LogP contribution in [0.4, 0.5) is 16.2 Å². The number of anilines is 2. The van der Waals surface area contributed by atoms with Gasteiger partial charge in [-0.15, -0.1) is 0 Å². The molecule has 0 saturated heterocycles. The molecular formula is C23H21N3O4. The molecule has 3 aromatic rings. The lowest BCUT2D eigenvalue weighted by Crippen LogP contribution is -2.19. The molecule has 5 N–H and O–H groups in total. The lowest BCUT2D eigenvalue weighted by Gasteiger charge is -2.22. The van der Waals surface area contributed by atoms with Crippen LogP contribution in [0, 0.1) is 0 Å². The topological polar surface area (TPSA) is 122 Å². The summed E-state index contributed by atoms with van der Waals surface area (Å²) in [7, 11) is 0. The third-order valence-corrected chi connectivity index (χ3v) is 4.70. The Morgan fingerprint density at radius 3 is 2.40 bits per heavy atom. The molecule has 0 aliphatic heterocycles. The van der Waals surface area contributed by atoms with Crippen molar-refractivity contribution in [1.29, 1.82) is 0 Å². The summed E-state index contributed by atoms with van der Waals surface area (Å²) in [6.45, 7) is 0. The lowest BCUT2D eigenvalue weighted by atomic mass is 9.85. The number of carboxylic acid groups (broad SMARTS) is 1. The van der Waals surface area contributed by atoms with Crippen molar-refractivity contribution in [1.82, 2.24) is 0 Å². The van der Waals surface area contributed by atoms with Gasteiger partial charge in [0.2, 0.25) is 6.41 Å². The molecule has 0 heterocycles. The van der Waals surface area contributed by atoms with Gasteiger partial charge in [0.15, 0.2) is 0 Å². The first-order chi connectivity index (χ1) is 14.5. The summed E-state index contributed by atoms with van der Waals surface area (Å²) in [4.78, 5) is 34.2. The number of urea groups is 1. The third-order valence-electron chi connectivity index (χ3n) is 4.70. The van der Waals surface area contributed by atoms with Crippen molar-refractivity contribution >= 4 is 29.8 Å². The molecule has 3 aromatic carbocycles. The minimum Gasteiger partial charge on any atom is -0.481 e. The molecule has 152 valence electrons. The highest BCUT2D eigenvalue weighted by Crippen LogP contribution is 2.39. The summed E-state index contributed by atoms with van der Waals surface area (Å²) in [5.41, 5.74) is 9.16. The molecular weight excluding hydrogens is 382 g/mol. The predicted octanol–water partition coefficient (Wildman–Crippen LogP) is 4.02. The first-order valence-corrected chi connectivity index (χ1v) is 9.26. The highest BCUT2D eigenvalue weighted by molar-refractivity contribution is 5.92. The summed E-state index contributed by atoms with van der Waals surface area (Å²) < 4.78 is 0. The van der Waals surface area contributed by atoms with E-state index in [0.29, 0.717) is 28.9 Å². The van der Waals surface area contributed by atoms with Crippen LogP contribution >= 0.6 is 0 Å². The van der Waals surface area contributed by atoms with Gasteiger partial charge in [-0.2, -0.15) is 0 Å². The standard InChI is InChI=1S/C23H21N3O4/c24-23(30)26-17-9-4-8-16(12-17)18-10-5-11-19(22(18)25-14-27)20(13-21(28)29)15-6-2-1-3-7-15/h1-12,14,20H,13H2,(H,25,27)(H,28,29)(H3,24,26,30). The van der Waals surface area contributed by atoms with E-state index in [9.17, 15) is 19.5 Å². The molecule has 0 aliphatic carbocycles. The molecule has 30 heavy (non-hydrogen) atoms. The van der Waals surface area contributed by atoms with Gasteiger partial charge in [0, 0.05) is 17.2 Å². The van der Waals surface area contributed by atoms with E-state index in [2.05, 4.69) is 10.6 Å². The Labute approximate surface area is 173 Å². The summed E-state index contributed by atoms with van der Waals surface area (Å²) in [6, 6.07) is 21.0. The van der Waals surface area contributed by atoms with Crippen molar-refractivity contribution in [2.45, 2.75) is 12.3 Å². The van der Waals surface area contributed by atoms with Crippen molar-refractivity contribution in [2.75, 3.05) is 10.6 Å². The van der Waals surface area contributed by atoms with Gasteiger partial charge in [0.05, 0.1) is 12.1 Å². The first-order valence-electron chi connectivity index (χ1n) is 9.26. The summed E-state index contributed by atoms with van der Waals surface area (Å²) >= 11 is 0. The number of hydrogen-bond acceptors (Lipinski definition) is 3. The van der Waals surface area contributed by atoms with E-state index in [4.69, 9.17) is 5.73 Å². The van der Waals surface area contributed by atoms with Gasteiger partial charge in [-0.05, 0) is 28.8 Å². The number of benzene rings is 3. The van der Waals surface area contributed by atoms with Crippen LogP contribution in [0.2, 0.25) is 0 Å². The largest absolute Gasteiger partial charge is 0.481 e. The number of nitrogens with one attached hydrogen (secondary N) is 2. The van der Waals surface area contributed by atoms with Gasteiger partial charge >= 0.3 is 12.0 Å². The van der Waals surface area contributed by atoms with Crippen molar-refractivity contribution in [2.24, 2.45) is 5.73 Å². The molecule has 0 radical (unpaired) electrons. The van der Waals surface area contributed by atoms with E-state index in [0.717, 1.165) is 11.1 Å². The monoisotopic (exact) mass is 403 g/mol. The first kappa shape index (κ1) is 20.6. The van der Waals surface area contributed by atoms with Crippen LogP contribution < -0.4 is 16.4 Å². The molecule has 0 saturated carbocycles. The fourth-order valence-corrected chi connectivity index (χ4v) is 3.50. The van der Waals surface area contributed by atoms with Crippen LogP contribution in [0.5, 0.6) is 0 Å². The zero-order valence-electron chi connectivity index (χ0n) is 16.0. The van der Waals surface area contributed by atoms with Gasteiger partial charge in [-0.3, -0.25) is 9.59 Å². The third kappa shape index (κ3) is 4.82. The number of hydrogen-bond donors (Lipinski definition) is 4. The Hall–Kier alpha value is -4.13. The number of aliphatic carboxylic acids is 1. The molecule has 0 aromatic heterocycles. The van der Waals surface area contributed by atoms with Gasteiger partial charge in [-0.1, -0.05) is 60.7 Å². The van der Waals surface area contributed by atoms with E-state index in [1.165, 1.54) is 0 Å². The van der Waals surface area contributed by atoms with Crippen LogP contribution in [0.3, 0.4) is 0 Å². The minimum atomic E-state index is -0.945. The maximum atomic E-state index is 11.6. The van der Waals surface area contributed by atoms with Crippen molar-refractivity contribution in [3.05, 3.63) is 83.9 Å². The number of carbonyl (C=O) groups is 3. The Morgan fingerprint density at radius 2 is 1.73 bits per heavy atom. The van der Waals surface area contributed by atoms with E-state index >= 15 is 0 Å². The quantitative estimate of drug-likeness (QED) is 0.424. The van der Waals surface area contributed by atoms with E-state index in [1.807, 2.05) is 48.5 Å². The summed E-state index contributed by atoms with van der Waals surface area (Å²) in [6.07, 6.45) is 0.431. The van der Waals surface area contributed by atoms with Crippen LogP contribution in [0.15, 0.2) is 72.8 Å². The normalized spacial score (nSPS) is 11.3. The minimum absolute atomic E-state index is 0.135. The molecule has 1 unspecified atom stereocenters. The van der Waals surface area contributed by atoms with Crippen LogP contribution in [0.25, 0.3) is 11.1 Å². The predicted molar refractivity (Wildman–Crippen MR) is 115 cm³/mol. The number of para-hydroxylation sites is 1. The lowest BCUT2D eigenvalue weighted by molar-refractivity contribution is -0.137. The smallest absolute Gasteiger partial charge is 0.316 e. The van der Waals surface area contributed by atoms with Crippen molar-refractivity contribution < 1.29 is 19.5 Å². The molecule has 0 spiro atoms. The maximum Gasteiger partial charge on any atom is 0.316 e. The molecule has 0 aliphatic rings. The zero-order valence-corrected chi connectivity index (χ0v) is 16.0. The summed E-state index contributed by atoms with van der Waals surface area (Å²) in [5.74, 6) is -1.41. The second kappa shape index (κ2) is 9.38. The number of carboxylic acids is 1. The van der Waals surface area contributed by atoms with Crippen LogP contribution in [-0.4, -0.2) is 23.5 Å². The number of nitrogens with two attached hydrogens (primary N) is 1. The molecule has 3 amide bonds. The zero-order chi connectivity index (χ0) is 21.5. The second-order valence-corrected chi connectivity index (χ2v) is 6.66. The molecule has 0 fully saturated rings. The highest BCUT2D eigenvalue weighted by atomic mass is 16.4. The summed E-state index contributed by atoms with van der Waals surface area (Å²) in [5, 5.41) is 14.8. The van der Waals surface area contributed by atoms with Crippen LogP contribution in [-0.2, 0) is 9.59 Å². The average Bonchev–Trinajstić information content (AvgIpc) is 2.73. The SMILES string of the molecule is NC(=O)Nc1cccc(-c2cccc(C(CC(=O)O)c3ccccc3)c2NC=O)c1. The Kier molecular flexibility index (Phi) is 6.44. The van der Waals surface area contributed by atoms with Gasteiger partial charge in [0.1, 0.15) is 0 Å². The Morgan fingerprint density at radius 1 is 1.00 bits per heavy atom. The fourth-order valence-electron chi connectivity index (χ4n) is 3.50. The van der Waals surface area contributed by atoms with E-state index in [-0.39, 0.29) is 6.42 Å². The molecule has 7 heteroatoms. The molecule has 0 bridgehead atoms. The molecule has 1 atom stereocenters. The van der Waals surface area contributed by atoms with Gasteiger partial charge in [-0.25, -0.2) is 4.79 Å². The number of primary amides is 1. The van der Waals surface area contributed by atoms with Crippen LogP contribution in [0.1, 0.15) is 23.5 Å². The van der Waals surface area contributed by atoms with Crippen molar-refractivity contribution in [3.63, 3.8) is 0 Å². The molecule has 3 rings (SSSR count). The number of rotatable bonds is 8.